The van der Waals surface area contributed by atoms with Crippen LogP contribution in [0.15, 0.2) is 12.1 Å². The molecule has 1 aromatic carbocycles. The molecule has 102 valence electrons. The summed E-state index contributed by atoms with van der Waals surface area (Å²) in [4.78, 5) is 0. The molecule has 0 heterocycles. The molecule has 1 N–H and O–H groups in total. The number of ether oxygens (including phenoxy) is 2. The van der Waals surface area contributed by atoms with Gasteiger partial charge in [0.1, 0.15) is 0 Å². The first-order valence-electron chi connectivity index (χ1n) is 6.28. The van der Waals surface area contributed by atoms with Crippen LogP contribution in [0.25, 0.3) is 0 Å². The molecule has 0 bridgehead atoms. The summed E-state index contributed by atoms with van der Waals surface area (Å²) in [7, 11) is 1.63. The van der Waals surface area contributed by atoms with Gasteiger partial charge in [0.05, 0.1) is 13.7 Å². The molecule has 0 atom stereocenters. The second-order valence-corrected chi connectivity index (χ2v) is 5.02. The van der Waals surface area contributed by atoms with Gasteiger partial charge in [-0.2, -0.15) is 0 Å². The van der Waals surface area contributed by atoms with E-state index in [1.807, 2.05) is 6.07 Å². The Bertz CT molecular complexity index is 380. The van der Waals surface area contributed by atoms with Crippen molar-refractivity contribution in [2.75, 3.05) is 20.3 Å². The smallest absolute Gasteiger partial charge is 0.165 e. The molecule has 0 saturated carbocycles. The van der Waals surface area contributed by atoms with Gasteiger partial charge >= 0.3 is 0 Å². The summed E-state index contributed by atoms with van der Waals surface area (Å²) in [6.07, 6.45) is 0. The highest BCUT2D eigenvalue weighted by atomic mass is 35.5. The minimum atomic E-state index is 0.470. The average molecular weight is 272 g/mol. The first-order valence-corrected chi connectivity index (χ1v) is 6.66. The number of nitrogens with one attached hydrogen (secondary N) is 1. The molecule has 0 amide bonds. The van der Waals surface area contributed by atoms with E-state index in [1.54, 1.807) is 13.2 Å². The third-order valence-corrected chi connectivity index (χ3v) is 2.66. The number of halogens is 1. The zero-order valence-electron chi connectivity index (χ0n) is 11.5. The summed E-state index contributed by atoms with van der Waals surface area (Å²) in [5.74, 6) is 1.95. The van der Waals surface area contributed by atoms with Crippen LogP contribution >= 0.6 is 11.6 Å². The molecule has 1 rings (SSSR count). The van der Waals surface area contributed by atoms with Gasteiger partial charge in [-0.25, -0.2) is 0 Å². The van der Waals surface area contributed by atoms with Crippen LogP contribution in [0.2, 0.25) is 5.02 Å². The van der Waals surface area contributed by atoms with Crippen LogP contribution in [0.3, 0.4) is 0 Å². The van der Waals surface area contributed by atoms with Crippen molar-refractivity contribution in [3.8, 4) is 11.5 Å². The van der Waals surface area contributed by atoms with Gasteiger partial charge in [0.15, 0.2) is 11.5 Å². The van der Waals surface area contributed by atoms with Gasteiger partial charge in [0.25, 0.3) is 0 Å². The monoisotopic (exact) mass is 271 g/mol. The van der Waals surface area contributed by atoms with Crippen LogP contribution in [0.4, 0.5) is 0 Å². The number of hydrogen-bond donors (Lipinski definition) is 1. The highest BCUT2D eigenvalue weighted by Crippen LogP contribution is 2.35. The van der Waals surface area contributed by atoms with E-state index in [0.29, 0.717) is 23.3 Å². The third kappa shape index (κ3) is 4.39. The zero-order chi connectivity index (χ0) is 13.5. The number of hydrogen-bond acceptors (Lipinski definition) is 3. The fourth-order valence-electron chi connectivity index (χ4n) is 1.58. The Morgan fingerprint density at radius 3 is 2.61 bits per heavy atom. The molecule has 18 heavy (non-hydrogen) atoms. The second-order valence-electron chi connectivity index (χ2n) is 4.58. The van der Waals surface area contributed by atoms with E-state index in [2.05, 4.69) is 26.1 Å². The lowest BCUT2D eigenvalue weighted by molar-refractivity contribution is 0.254. The number of methoxy groups -OCH3 is 1. The van der Waals surface area contributed by atoms with Crippen molar-refractivity contribution in [3.05, 3.63) is 22.7 Å². The molecule has 0 fully saturated rings. The quantitative estimate of drug-likeness (QED) is 0.823. The zero-order valence-corrected chi connectivity index (χ0v) is 12.3. The first kappa shape index (κ1) is 15.1. The highest BCUT2D eigenvalue weighted by molar-refractivity contribution is 6.30. The molecule has 4 heteroatoms. The Hall–Kier alpha value is -0.930. The molecule has 0 saturated heterocycles. The summed E-state index contributed by atoms with van der Waals surface area (Å²) in [5, 5.41) is 3.94. The Morgan fingerprint density at radius 1 is 1.33 bits per heavy atom. The summed E-state index contributed by atoms with van der Waals surface area (Å²) in [5.41, 5.74) is 1.03. The molecular formula is C14H22ClNO2. The van der Waals surface area contributed by atoms with Gasteiger partial charge < -0.3 is 14.8 Å². The van der Waals surface area contributed by atoms with Crippen molar-refractivity contribution in [1.29, 1.82) is 0 Å². The van der Waals surface area contributed by atoms with E-state index in [9.17, 15) is 0 Å². The van der Waals surface area contributed by atoms with Crippen molar-refractivity contribution in [2.24, 2.45) is 5.92 Å². The fourth-order valence-corrected chi connectivity index (χ4v) is 1.81. The van der Waals surface area contributed by atoms with Gasteiger partial charge in [0.2, 0.25) is 0 Å². The lowest BCUT2D eigenvalue weighted by Gasteiger charge is -2.17. The van der Waals surface area contributed by atoms with Gasteiger partial charge in [0, 0.05) is 23.2 Å². The Labute approximate surface area is 114 Å². The topological polar surface area (TPSA) is 30.5 Å². The van der Waals surface area contributed by atoms with E-state index >= 15 is 0 Å². The molecule has 1 aromatic rings. The predicted octanol–water partition coefficient (Wildman–Crippen LogP) is 3.49. The van der Waals surface area contributed by atoms with E-state index < -0.39 is 0 Å². The highest BCUT2D eigenvalue weighted by Gasteiger charge is 2.13. The van der Waals surface area contributed by atoms with Crippen molar-refractivity contribution in [2.45, 2.75) is 27.3 Å². The van der Waals surface area contributed by atoms with Gasteiger partial charge in [-0.3, -0.25) is 0 Å². The summed E-state index contributed by atoms with van der Waals surface area (Å²) in [6, 6.07) is 3.70. The van der Waals surface area contributed by atoms with Crippen LogP contribution < -0.4 is 14.8 Å². The molecule has 3 nitrogen and oxygen atoms in total. The maximum Gasteiger partial charge on any atom is 0.165 e. The molecule has 0 spiro atoms. The summed E-state index contributed by atoms with van der Waals surface area (Å²) < 4.78 is 11.2. The van der Waals surface area contributed by atoms with Gasteiger partial charge in [-0.1, -0.05) is 32.4 Å². The van der Waals surface area contributed by atoms with Gasteiger partial charge in [-0.05, 0) is 18.5 Å². The van der Waals surface area contributed by atoms with Crippen LogP contribution in [0, 0.1) is 5.92 Å². The van der Waals surface area contributed by atoms with Crippen LogP contribution in [-0.4, -0.2) is 20.3 Å². The van der Waals surface area contributed by atoms with Crippen LogP contribution in [0.5, 0.6) is 11.5 Å². The molecule has 0 aromatic heterocycles. The first-order chi connectivity index (χ1) is 8.58. The Morgan fingerprint density at radius 2 is 2.06 bits per heavy atom. The molecule has 0 aliphatic rings. The van der Waals surface area contributed by atoms with Crippen molar-refractivity contribution < 1.29 is 9.47 Å². The molecule has 0 aliphatic carbocycles. The largest absolute Gasteiger partial charge is 0.493 e. The van der Waals surface area contributed by atoms with Crippen LogP contribution in [-0.2, 0) is 6.54 Å². The normalized spacial score (nSPS) is 10.8. The molecule has 0 radical (unpaired) electrons. The van der Waals surface area contributed by atoms with E-state index in [1.165, 1.54) is 0 Å². The predicted molar refractivity (Wildman–Crippen MR) is 75.7 cm³/mol. The number of benzene rings is 1. The van der Waals surface area contributed by atoms with E-state index in [-0.39, 0.29) is 0 Å². The fraction of sp³-hybridized carbons (Fsp3) is 0.571. The Balaban J connectivity index is 2.99. The van der Waals surface area contributed by atoms with E-state index in [4.69, 9.17) is 21.1 Å². The molecular weight excluding hydrogens is 250 g/mol. The van der Waals surface area contributed by atoms with Gasteiger partial charge in [-0.15, -0.1) is 0 Å². The van der Waals surface area contributed by atoms with Crippen molar-refractivity contribution >= 4 is 11.6 Å². The maximum absolute atomic E-state index is 6.08. The lowest BCUT2D eigenvalue weighted by atomic mass is 10.1. The molecule has 0 unspecified atom stereocenters. The summed E-state index contributed by atoms with van der Waals surface area (Å²) >= 11 is 6.08. The third-order valence-electron chi connectivity index (χ3n) is 2.44. The Kier molecular flexibility index (Phi) is 6.30. The molecule has 0 aliphatic heterocycles. The average Bonchev–Trinajstić information content (AvgIpc) is 2.33. The van der Waals surface area contributed by atoms with Crippen LogP contribution in [0.1, 0.15) is 26.3 Å². The van der Waals surface area contributed by atoms with E-state index in [0.717, 1.165) is 24.4 Å². The lowest BCUT2D eigenvalue weighted by Crippen LogP contribution is -2.14. The maximum atomic E-state index is 6.08. The minimum Gasteiger partial charge on any atom is -0.493 e. The minimum absolute atomic E-state index is 0.470. The summed E-state index contributed by atoms with van der Waals surface area (Å²) in [6.45, 7) is 8.59. The number of rotatable bonds is 7. The van der Waals surface area contributed by atoms with Crippen molar-refractivity contribution in [3.63, 3.8) is 0 Å². The standard InChI is InChI=1S/C14H22ClNO2/c1-5-16-8-11-6-12(15)7-13(17-4)14(11)18-9-10(2)3/h6-7,10,16H,5,8-9H2,1-4H3. The second kappa shape index (κ2) is 7.49. The SMILES string of the molecule is CCNCc1cc(Cl)cc(OC)c1OCC(C)C. The van der Waals surface area contributed by atoms with Crippen molar-refractivity contribution in [1.82, 2.24) is 5.32 Å².